The standard InChI is InChI=1S/C14H20N4O/c1-10(2)7-13-16-14(18(3)17-13)9-19-12-6-4-5-11(15)8-12/h4-6,8,10H,7,9,15H2,1-3H3. The molecule has 19 heavy (non-hydrogen) atoms. The lowest BCUT2D eigenvalue weighted by Gasteiger charge is -2.05. The van der Waals surface area contributed by atoms with Gasteiger partial charge in [0, 0.05) is 25.2 Å². The zero-order chi connectivity index (χ0) is 13.8. The number of benzene rings is 1. The van der Waals surface area contributed by atoms with E-state index in [1.807, 2.05) is 25.2 Å². The summed E-state index contributed by atoms with van der Waals surface area (Å²) in [6.07, 6.45) is 0.881. The van der Waals surface area contributed by atoms with E-state index in [4.69, 9.17) is 10.5 Å². The molecule has 0 unspecified atom stereocenters. The van der Waals surface area contributed by atoms with Gasteiger partial charge in [0.2, 0.25) is 0 Å². The summed E-state index contributed by atoms with van der Waals surface area (Å²) < 4.78 is 7.44. The highest BCUT2D eigenvalue weighted by molar-refractivity contribution is 5.43. The third-order valence-electron chi connectivity index (χ3n) is 2.71. The van der Waals surface area contributed by atoms with E-state index in [0.29, 0.717) is 18.2 Å². The van der Waals surface area contributed by atoms with Crippen LogP contribution in [0.5, 0.6) is 5.75 Å². The van der Waals surface area contributed by atoms with E-state index < -0.39 is 0 Å². The summed E-state index contributed by atoms with van der Waals surface area (Å²) >= 11 is 0. The maximum Gasteiger partial charge on any atom is 0.164 e. The maximum atomic E-state index is 5.70. The molecule has 0 amide bonds. The van der Waals surface area contributed by atoms with Crippen molar-refractivity contribution in [2.45, 2.75) is 26.9 Å². The second-order valence-corrected chi connectivity index (χ2v) is 5.03. The van der Waals surface area contributed by atoms with E-state index in [9.17, 15) is 0 Å². The van der Waals surface area contributed by atoms with Crippen molar-refractivity contribution in [2.75, 3.05) is 5.73 Å². The molecule has 2 aromatic rings. The number of nitrogens with two attached hydrogens (primary N) is 1. The largest absolute Gasteiger partial charge is 0.486 e. The van der Waals surface area contributed by atoms with Gasteiger partial charge in [-0.15, -0.1) is 0 Å². The normalized spacial score (nSPS) is 10.9. The molecule has 5 nitrogen and oxygen atoms in total. The van der Waals surface area contributed by atoms with Gasteiger partial charge in [0.25, 0.3) is 0 Å². The number of nitrogens with zero attached hydrogens (tertiary/aromatic N) is 3. The third kappa shape index (κ3) is 3.71. The first-order valence-corrected chi connectivity index (χ1v) is 6.41. The number of nitrogen functional groups attached to an aromatic ring is 1. The minimum absolute atomic E-state index is 0.394. The topological polar surface area (TPSA) is 66.0 Å². The molecule has 0 saturated carbocycles. The molecule has 2 N–H and O–H groups in total. The van der Waals surface area contributed by atoms with Crippen LogP contribution in [0.3, 0.4) is 0 Å². The van der Waals surface area contributed by atoms with E-state index in [1.165, 1.54) is 0 Å². The molecule has 0 radical (unpaired) electrons. The first-order valence-electron chi connectivity index (χ1n) is 6.41. The molecule has 0 bridgehead atoms. The van der Waals surface area contributed by atoms with Gasteiger partial charge in [0.15, 0.2) is 11.6 Å². The summed E-state index contributed by atoms with van der Waals surface area (Å²) in [4.78, 5) is 4.48. The highest BCUT2D eigenvalue weighted by Crippen LogP contribution is 2.16. The lowest BCUT2D eigenvalue weighted by atomic mass is 10.1. The van der Waals surface area contributed by atoms with E-state index >= 15 is 0 Å². The monoisotopic (exact) mass is 260 g/mol. The quantitative estimate of drug-likeness (QED) is 0.837. The Bertz CT molecular complexity index is 548. The number of ether oxygens (including phenoxy) is 1. The molecule has 0 spiro atoms. The van der Waals surface area contributed by atoms with Crippen LogP contribution < -0.4 is 10.5 Å². The smallest absolute Gasteiger partial charge is 0.164 e. The van der Waals surface area contributed by atoms with Crippen molar-refractivity contribution in [3.05, 3.63) is 35.9 Å². The molecule has 0 aliphatic heterocycles. The molecule has 0 atom stereocenters. The Morgan fingerprint density at radius 3 is 2.84 bits per heavy atom. The van der Waals surface area contributed by atoms with Crippen LogP contribution in [0, 0.1) is 5.92 Å². The average molecular weight is 260 g/mol. The van der Waals surface area contributed by atoms with Gasteiger partial charge in [0.05, 0.1) is 0 Å². The number of hydrogen-bond acceptors (Lipinski definition) is 4. The first kappa shape index (κ1) is 13.4. The van der Waals surface area contributed by atoms with E-state index in [2.05, 4.69) is 23.9 Å². The van der Waals surface area contributed by atoms with Crippen molar-refractivity contribution in [1.82, 2.24) is 14.8 Å². The van der Waals surface area contributed by atoms with Gasteiger partial charge in [0.1, 0.15) is 12.4 Å². The Kier molecular flexibility index (Phi) is 4.04. The molecule has 0 aliphatic rings. The van der Waals surface area contributed by atoms with Crippen molar-refractivity contribution in [1.29, 1.82) is 0 Å². The number of anilines is 1. The van der Waals surface area contributed by atoms with Gasteiger partial charge < -0.3 is 10.5 Å². The Hall–Kier alpha value is -2.04. The summed E-state index contributed by atoms with van der Waals surface area (Å²) in [7, 11) is 1.88. The SMILES string of the molecule is CC(C)Cc1nc(COc2cccc(N)c2)n(C)n1. The number of rotatable bonds is 5. The summed E-state index contributed by atoms with van der Waals surface area (Å²) in [5, 5.41) is 4.38. The second kappa shape index (κ2) is 5.73. The highest BCUT2D eigenvalue weighted by Gasteiger charge is 2.09. The molecule has 1 aromatic carbocycles. The van der Waals surface area contributed by atoms with Crippen LogP contribution in [0.15, 0.2) is 24.3 Å². The van der Waals surface area contributed by atoms with Gasteiger partial charge in [-0.2, -0.15) is 5.10 Å². The van der Waals surface area contributed by atoms with Crippen molar-refractivity contribution in [3.63, 3.8) is 0 Å². The molecule has 2 rings (SSSR count). The van der Waals surface area contributed by atoms with Gasteiger partial charge in [-0.3, -0.25) is 0 Å². The fourth-order valence-electron chi connectivity index (χ4n) is 1.80. The van der Waals surface area contributed by atoms with Gasteiger partial charge in [-0.05, 0) is 18.1 Å². The van der Waals surface area contributed by atoms with Crippen molar-refractivity contribution >= 4 is 5.69 Å². The Morgan fingerprint density at radius 2 is 2.16 bits per heavy atom. The van der Waals surface area contributed by atoms with Crippen LogP contribution in [0.25, 0.3) is 0 Å². The lowest BCUT2D eigenvalue weighted by Crippen LogP contribution is -2.04. The average Bonchev–Trinajstić information content (AvgIpc) is 2.66. The molecule has 1 heterocycles. The maximum absolute atomic E-state index is 5.70. The zero-order valence-electron chi connectivity index (χ0n) is 11.6. The van der Waals surface area contributed by atoms with Crippen molar-refractivity contribution in [2.24, 2.45) is 13.0 Å². The molecular weight excluding hydrogens is 240 g/mol. The lowest BCUT2D eigenvalue weighted by molar-refractivity contribution is 0.290. The Labute approximate surface area is 113 Å². The molecule has 102 valence electrons. The van der Waals surface area contributed by atoms with E-state index in [-0.39, 0.29) is 0 Å². The fourth-order valence-corrected chi connectivity index (χ4v) is 1.80. The van der Waals surface area contributed by atoms with Crippen LogP contribution >= 0.6 is 0 Å². The van der Waals surface area contributed by atoms with Crippen LogP contribution in [0.1, 0.15) is 25.5 Å². The number of hydrogen-bond donors (Lipinski definition) is 1. The first-order chi connectivity index (χ1) is 9.04. The molecule has 0 fully saturated rings. The van der Waals surface area contributed by atoms with Gasteiger partial charge in [-0.1, -0.05) is 19.9 Å². The predicted octanol–water partition coefficient (Wildman–Crippen LogP) is 2.17. The summed E-state index contributed by atoms with van der Waals surface area (Å²) in [6, 6.07) is 7.37. The third-order valence-corrected chi connectivity index (χ3v) is 2.71. The minimum Gasteiger partial charge on any atom is -0.486 e. The predicted molar refractivity (Wildman–Crippen MR) is 74.7 cm³/mol. The molecular formula is C14H20N4O. The zero-order valence-corrected chi connectivity index (χ0v) is 11.6. The molecule has 5 heteroatoms. The van der Waals surface area contributed by atoms with Gasteiger partial charge in [-0.25, -0.2) is 9.67 Å². The molecule has 0 saturated heterocycles. The van der Waals surface area contributed by atoms with Crippen molar-refractivity contribution in [3.8, 4) is 5.75 Å². The van der Waals surface area contributed by atoms with Crippen LogP contribution in [-0.4, -0.2) is 14.8 Å². The number of aryl methyl sites for hydroxylation is 1. The number of aromatic nitrogens is 3. The van der Waals surface area contributed by atoms with Crippen LogP contribution in [-0.2, 0) is 20.1 Å². The highest BCUT2D eigenvalue weighted by atomic mass is 16.5. The minimum atomic E-state index is 0.394. The summed E-state index contributed by atoms with van der Waals surface area (Å²) in [5.41, 5.74) is 6.39. The van der Waals surface area contributed by atoms with Crippen molar-refractivity contribution < 1.29 is 4.74 Å². The van der Waals surface area contributed by atoms with E-state index in [0.717, 1.165) is 23.8 Å². The summed E-state index contributed by atoms with van der Waals surface area (Å²) in [6.45, 7) is 4.70. The van der Waals surface area contributed by atoms with Crippen LogP contribution in [0.4, 0.5) is 5.69 Å². The molecule has 0 aliphatic carbocycles. The Balaban J connectivity index is 2.01. The molecule has 1 aromatic heterocycles. The van der Waals surface area contributed by atoms with Crippen LogP contribution in [0.2, 0.25) is 0 Å². The van der Waals surface area contributed by atoms with E-state index in [1.54, 1.807) is 10.7 Å². The van der Waals surface area contributed by atoms with Gasteiger partial charge >= 0.3 is 0 Å². The summed E-state index contributed by atoms with van der Waals surface area (Å²) in [5.74, 6) is 2.97. The Morgan fingerprint density at radius 1 is 1.37 bits per heavy atom. The fraction of sp³-hybridized carbons (Fsp3) is 0.429. The second-order valence-electron chi connectivity index (χ2n) is 5.03.